The fourth-order valence-electron chi connectivity index (χ4n) is 3.14. The highest BCUT2D eigenvalue weighted by molar-refractivity contribution is 7.98. The normalized spacial score (nSPS) is 15.5. The number of hydrogen-bond acceptors (Lipinski definition) is 4. The maximum Gasteiger partial charge on any atom is 0.261 e. The van der Waals surface area contributed by atoms with E-state index in [0.717, 1.165) is 17.7 Å². The lowest BCUT2D eigenvalue weighted by Crippen LogP contribution is -2.38. The van der Waals surface area contributed by atoms with Crippen molar-refractivity contribution in [2.45, 2.75) is 29.6 Å². The molecule has 0 spiro atoms. The first kappa shape index (κ1) is 21.0. The van der Waals surface area contributed by atoms with Crippen LogP contribution in [0.4, 0.5) is 5.69 Å². The first-order chi connectivity index (χ1) is 13.3. The molecule has 0 saturated carbocycles. The number of rotatable bonds is 5. The van der Waals surface area contributed by atoms with Crippen molar-refractivity contribution in [1.82, 2.24) is 4.90 Å². The van der Waals surface area contributed by atoms with Crippen LogP contribution >= 0.6 is 23.4 Å². The van der Waals surface area contributed by atoms with Gasteiger partial charge < -0.3 is 4.90 Å². The molecule has 0 unspecified atom stereocenters. The lowest BCUT2D eigenvalue weighted by molar-refractivity contribution is 0.0693. The number of piperidine rings is 1. The molecule has 1 fully saturated rings. The number of amides is 1. The van der Waals surface area contributed by atoms with E-state index in [2.05, 4.69) is 11.6 Å². The smallest absolute Gasteiger partial charge is 0.261 e. The van der Waals surface area contributed by atoms with Gasteiger partial charge in [0.1, 0.15) is 0 Å². The largest absolute Gasteiger partial charge is 0.339 e. The van der Waals surface area contributed by atoms with Crippen LogP contribution in [-0.2, 0) is 10.0 Å². The van der Waals surface area contributed by atoms with Gasteiger partial charge in [-0.05, 0) is 67.5 Å². The second kappa shape index (κ2) is 8.76. The van der Waals surface area contributed by atoms with E-state index in [4.69, 9.17) is 11.6 Å². The van der Waals surface area contributed by atoms with Crippen LogP contribution in [0.2, 0.25) is 5.02 Å². The van der Waals surface area contributed by atoms with Crippen molar-refractivity contribution in [3.63, 3.8) is 0 Å². The molecule has 150 valence electrons. The molecule has 1 heterocycles. The maximum atomic E-state index is 13.0. The Balaban J connectivity index is 1.89. The minimum Gasteiger partial charge on any atom is -0.339 e. The summed E-state index contributed by atoms with van der Waals surface area (Å²) in [5.41, 5.74) is 0.845. The van der Waals surface area contributed by atoms with Crippen molar-refractivity contribution in [3.8, 4) is 0 Å². The summed E-state index contributed by atoms with van der Waals surface area (Å²) in [5, 5.41) is 0.524. The van der Waals surface area contributed by atoms with Crippen LogP contribution in [0.25, 0.3) is 0 Å². The fraction of sp³-hybridized carbons (Fsp3) is 0.350. The molecule has 2 aromatic carbocycles. The maximum absolute atomic E-state index is 13.0. The number of carbonyl (C=O) groups excluding carboxylic acids is 1. The Morgan fingerprint density at radius 3 is 2.39 bits per heavy atom. The minimum absolute atomic E-state index is 0.0639. The summed E-state index contributed by atoms with van der Waals surface area (Å²) >= 11 is 7.29. The monoisotopic (exact) mass is 438 g/mol. The van der Waals surface area contributed by atoms with E-state index >= 15 is 0 Å². The zero-order valence-electron chi connectivity index (χ0n) is 15.8. The molecule has 1 saturated heterocycles. The predicted octanol–water partition coefficient (Wildman–Crippen LogP) is 4.73. The number of thioether (sulfide) groups is 1. The number of carbonyl (C=O) groups is 1. The Hall–Kier alpha value is -1.70. The Labute approximate surface area is 175 Å². The molecule has 3 rings (SSSR count). The molecule has 5 nitrogen and oxygen atoms in total. The Morgan fingerprint density at radius 2 is 1.79 bits per heavy atom. The van der Waals surface area contributed by atoms with Crippen LogP contribution in [0, 0.1) is 5.92 Å². The number of hydrogen-bond donors (Lipinski definition) is 1. The van der Waals surface area contributed by atoms with Gasteiger partial charge in [-0.25, -0.2) is 8.42 Å². The highest BCUT2D eigenvalue weighted by atomic mass is 35.5. The van der Waals surface area contributed by atoms with E-state index in [9.17, 15) is 13.2 Å². The quantitative estimate of drug-likeness (QED) is 0.685. The molecule has 1 aliphatic heterocycles. The second-order valence-electron chi connectivity index (χ2n) is 6.95. The zero-order valence-corrected chi connectivity index (χ0v) is 18.2. The van der Waals surface area contributed by atoms with Crippen LogP contribution in [0.15, 0.2) is 52.3 Å². The number of likely N-dealkylation sites (tertiary alicyclic amines) is 1. The second-order valence-corrected chi connectivity index (χ2v) is 9.92. The van der Waals surface area contributed by atoms with Crippen molar-refractivity contribution >= 4 is 45.0 Å². The first-order valence-corrected chi connectivity index (χ1v) is 12.1. The molecule has 8 heteroatoms. The summed E-state index contributed by atoms with van der Waals surface area (Å²) in [6.45, 7) is 3.59. The molecule has 0 aromatic heterocycles. The number of halogens is 1. The number of sulfonamides is 1. The molecule has 0 radical (unpaired) electrons. The Bertz CT molecular complexity index is 954. The zero-order chi connectivity index (χ0) is 20.3. The van der Waals surface area contributed by atoms with E-state index in [1.54, 1.807) is 30.3 Å². The molecule has 28 heavy (non-hydrogen) atoms. The number of benzene rings is 2. The minimum atomic E-state index is -3.82. The van der Waals surface area contributed by atoms with Gasteiger partial charge >= 0.3 is 0 Å². The van der Waals surface area contributed by atoms with Crippen LogP contribution < -0.4 is 4.72 Å². The van der Waals surface area contributed by atoms with Gasteiger partial charge in [0, 0.05) is 28.7 Å². The predicted molar refractivity (Wildman–Crippen MR) is 115 cm³/mol. The van der Waals surface area contributed by atoms with Gasteiger partial charge in [-0.15, -0.1) is 11.8 Å². The average molecular weight is 439 g/mol. The highest BCUT2D eigenvalue weighted by Crippen LogP contribution is 2.28. The molecule has 0 bridgehead atoms. The standard InChI is InChI=1S/C20H23ClN2O3S2/c1-14-9-11-23(12-10-14)20(24)18-13-17(7-8-19(18)27-2)28(25,26)22-16-5-3-15(21)4-6-16/h3-8,13-14,22H,9-12H2,1-2H3. The Morgan fingerprint density at radius 1 is 1.14 bits per heavy atom. The summed E-state index contributed by atoms with van der Waals surface area (Å²) < 4.78 is 28.1. The van der Waals surface area contributed by atoms with Crippen LogP contribution in [0.5, 0.6) is 0 Å². The summed E-state index contributed by atoms with van der Waals surface area (Å²) in [6, 6.07) is 11.1. The number of anilines is 1. The van der Waals surface area contributed by atoms with E-state index in [0.29, 0.717) is 35.3 Å². The van der Waals surface area contributed by atoms with Crippen molar-refractivity contribution in [1.29, 1.82) is 0 Å². The third-order valence-corrected chi connectivity index (χ3v) is 7.31. The summed E-state index contributed by atoms with van der Waals surface area (Å²) in [5.74, 6) is 0.499. The van der Waals surface area contributed by atoms with Crippen LogP contribution in [-0.4, -0.2) is 38.6 Å². The number of nitrogens with zero attached hydrogens (tertiary/aromatic N) is 1. The lowest BCUT2D eigenvalue weighted by atomic mass is 9.98. The van der Waals surface area contributed by atoms with E-state index in [-0.39, 0.29) is 10.8 Å². The van der Waals surface area contributed by atoms with Crippen molar-refractivity contribution in [2.75, 3.05) is 24.1 Å². The molecule has 1 aliphatic rings. The van der Waals surface area contributed by atoms with Crippen molar-refractivity contribution < 1.29 is 13.2 Å². The number of nitrogens with one attached hydrogen (secondary N) is 1. The van der Waals surface area contributed by atoms with Gasteiger partial charge in [-0.2, -0.15) is 0 Å². The Kier molecular flexibility index (Phi) is 6.58. The van der Waals surface area contributed by atoms with Crippen molar-refractivity contribution in [2.24, 2.45) is 5.92 Å². The fourth-order valence-corrected chi connectivity index (χ4v) is 4.92. The highest BCUT2D eigenvalue weighted by Gasteiger charge is 2.25. The van der Waals surface area contributed by atoms with Crippen molar-refractivity contribution in [3.05, 3.63) is 53.1 Å². The van der Waals surface area contributed by atoms with E-state index in [1.807, 2.05) is 11.2 Å². The summed E-state index contributed by atoms with van der Waals surface area (Å²) in [6.07, 6.45) is 3.82. The molecular weight excluding hydrogens is 416 g/mol. The first-order valence-electron chi connectivity index (χ1n) is 9.06. The van der Waals surface area contributed by atoms with Gasteiger partial charge in [0.15, 0.2) is 0 Å². The summed E-state index contributed by atoms with van der Waals surface area (Å²) in [7, 11) is -3.82. The molecule has 2 aromatic rings. The van der Waals surface area contributed by atoms with Crippen LogP contribution in [0.3, 0.4) is 0 Å². The molecule has 0 atom stereocenters. The SMILES string of the molecule is CSc1ccc(S(=O)(=O)Nc2ccc(Cl)cc2)cc1C(=O)N1CCC(C)CC1. The topological polar surface area (TPSA) is 66.5 Å². The molecule has 1 N–H and O–H groups in total. The van der Waals surface area contributed by atoms with E-state index in [1.165, 1.54) is 23.9 Å². The lowest BCUT2D eigenvalue weighted by Gasteiger charge is -2.30. The van der Waals surface area contributed by atoms with Crippen LogP contribution in [0.1, 0.15) is 30.1 Å². The van der Waals surface area contributed by atoms with Gasteiger partial charge in [0.2, 0.25) is 0 Å². The van der Waals surface area contributed by atoms with Gasteiger partial charge in [0.05, 0.1) is 10.5 Å². The van der Waals surface area contributed by atoms with Gasteiger partial charge in [-0.1, -0.05) is 18.5 Å². The third kappa shape index (κ3) is 4.82. The van der Waals surface area contributed by atoms with E-state index < -0.39 is 10.0 Å². The van der Waals surface area contributed by atoms with Gasteiger partial charge in [-0.3, -0.25) is 9.52 Å². The van der Waals surface area contributed by atoms with Gasteiger partial charge in [0.25, 0.3) is 15.9 Å². The third-order valence-electron chi connectivity index (χ3n) is 4.88. The average Bonchev–Trinajstić information content (AvgIpc) is 2.69. The molecular formula is C20H23ClN2O3S2. The molecule has 0 aliphatic carbocycles. The summed E-state index contributed by atoms with van der Waals surface area (Å²) in [4.78, 5) is 15.7. The molecule has 1 amide bonds.